The molecule has 0 saturated carbocycles. The van der Waals surface area contributed by atoms with E-state index < -0.39 is 12.6 Å². The molecule has 0 spiro atoms. The van der Waals surface area contributed by atoms with Gasteiger partial charge in [-0.05, 0) is 36.4 Å². The predicted molar refractivity (Wildman–Crippen MR) is 83.3 cm³/mol. The van der Waals surface area contributed by atoms with E-state index in [-0.39, 0.29) is 0 Å². The van der Waals surface area contributed by atoms with Crippen LogP contribution in [0.1, 0.15) is 0 Å². The molecule has 0 aliphatic rings. The Labute approximate surface area is 136 Å². The van der Waals surface area contributed by atoms with Crippen molar-refractivity contribution < 1.29 is 19.2 Å². The van der Waals surface area contributed by atoms with Crippen LogP contribution >= 0.6 is 11.6 Å². The van der Waals surface area contributed by atoms with E-state index in [4.69, 9.17) is 26.0 Å². The van der Waals surface area contributed by atoms with Gasteiger partial charge in [-0.1, -0.05) is 28.9 Å². The van der Waals surface area contributed by atoms with Crippen LogP contribution in [0.15, 0.2) is 53.1 Å². The third-order valence-electron chi connectivity index (χ3n) is 3.00. The molecule has 0 aliphatic carbocycles. The first-order chi connectivity index (χ1) is 11.1. The average molecular weight is 331 g/mol. The van der Waals surface area contributed by atoms with E-state index in [0.717, 1.165) is 0 Å². The smallest absolute Gasteiger partial charge is 0.341 e. The van der Waals surface area contributed by atoms with Crippen LogP contribution in [0.4, 0.5) is 0 Å². The monoisotopic (exact) mass is 330 g/mol. The lowest BCUT2D eigenvalue weighted by Crippen LogP contribution is -2.09. The first-order valence-electron chi connectivity index (χ1n) is 6.67. The fraction of sp³-hybridized carbons (Fsp3) is 0.0625. The molecule has 6 nitrogen and oxygen atoms in total. The van der Waals surface area contributed by atoms with E-state index in [1.165, 1.54) is 0 Å². The maximum Gasteiger partial charge on any atom is 0.341 e. The SMILES string of the molecule is O=C(O)COc1ccc(-c2nc(-c3ccccc3Cl)no2)cc1. The highest BCUT2D eigenvalue weighted by molar-refractivity contribution is 6.33. The Bertz CT molecular complexity index is 830. The van der Waals surface area contributed by atoms with Gasteiger partial charge in [0.2, 0.25) is 5.82 Å². The Hall–Kier alpha value is -2.86. The second-order valence-corrected chi connectivity index (χ2v) is 5.02. The number of ether oxygens (including phenoxy) is 1. The fourth-order valence-corrected chi connectivity index (χ4v) is 2.15. The molecule has 3 rings (SSSR count). The minimum Gasteiger partial charge on any atom is -0.482 e. The second kappa shape index (κ2) is 6.50. The number of carboxylic acids is 1. The van der Waals surface area contributed by atoms with Gasteiger partial charge in [0.15, 0.2) is 6.61 Å². The lowest BCUT2D eigenvalue weighted by atomic mass is 10.2. The van der Waals surface area contributed by atoms with Gasteiger partial charge in [0.1, 0.15) is 5.75 Å². The Morgan fingerprint density at radius 2 is 1.91 bits per heavy atom. The number of hydrogen-bond donors (Lipinski definition) is 1. The van der Waals surface area contributed by atoms with Crippen molar-refractivity contribution in [2.75, 3.05) is 6.61 Å². The number of nitrogens with zero attached hydrogens (tertiary/aromatic N) is 2. The molecular weight excluding hydrogens is 320 g/mol. The summed E-state index contributed by atoms with van der Waals surface area (Å²) in [4.78, 5) is 14.8. The Morgan fingerprint density at radius 3 is 2.61 bits per heavy atom. The molecule has 7 heteroatoms. The van der Waals surface area contributed by atoms with E-state index in [1.807, 2.05) is 12.1 Å². The zero-order chi connectivity index (χ0) is 16.2. The zero-order valence-electron chi connectivity index (χ0n) is 11.8. The summed E-state index contributed by atoms with van der Waals surface area (Å²) in [5, 5.41) is 13.0. The lowest BCUT2D eigenvalue weighted by Gasteiger charge is -2.02. The van der Waals surface area contributed by atoms with Gasteiger partial charge < -0.3 is 14.4 Å². The third kappa shape index (κ3) is 3.49. The van der Waals surface area contributed by atoms with Gasteiger partial charge in [0, 0.05) is 11.1 Å². The first kappa shape index (κ1) is 15.1. The minimum absolute atomic E-state index is 0.338. The van der Waals surface area contributed by atoms with Crippen molar-refractivity contribution >= 4 is 17.6 Å². The number of carboxylic acid groups (broad SMARTS) is 1. The molecule has 0 unspecified atom stereocenters. The van der Waals surface area contributed by atoms with Crippen LogP contribution in [-0.4, -0.2) is 27.8 Å². The van der Waals surface area contributed by atoms with Crippen LogP contribution in [0.2, 0.25) is 5.02 Å². The Kier molecular flexibility index (Phi) is 4.25. The molecule has 0 saturated heterocycles. The van der Waals surface area contributed by atoms with Gasteiger partial charge in [-0.2, -0.15) is 4.98 Å². The quantitative estimate of drug-likeness (QED) is 0.770. The van der Waals surface area contributed by atoms with Gasteiger partial charge in [0.05, 0.1) is 5.02 Å². The minimum atomic E-state index is -1.03. The Balaban J connectivity index is 1.80. The predicted octanol–water partition coefficient (Wildman–Crippen LogP) is 3.52. The molecule has 0 amide bonds. The second-order valence-electron chi connectivity index (χ2n) is 4.61. The number of hydrogen-bond acceptors (Lipinski definition) is 5. The summed E-state index contributed by atoms with van der Waals surface area (Å²) in [7, 11) is 0. The van der Waals surface area contributed by atoms with Gasteiger partial charge >= 0.3 is 5.97 Å². The van der Waals surface area contributed by atoms with Crippen LogP contribution < -0.4 is 4.74 Å². The molecule has 1 aromatic heterocycles. The summed E-state index contributed by atoms with van der Waals surface area (Å²) in [6.45, 7) is -0.392. The van der Waals surface area contributed by atoms with Crippen LogP contribution in [0.5, 0.6) is 5.75 Å². The molecule has 23 heavy (non-hydrogen) atoms. The molecule has 0 bridgehead atoms. The zero-order valence-corrected chi connectivity index (χ0v) is 12.5. The molecule has 116 valence electrons. The average Bonchev–Trinajstić information content (AvgIpc) is 3.03. The molecule has 0 radical (unpaired) electrons. The molecule has 1 heterocycles. The fourth-order valence-electron chi connectivity index (χ4n) is 1.93. The lowest BCUT2D eigenvalue weighted by molar-refractivity contribution is -0.139. The largest absolute Gasteiger partial charge is 0.482 e. The molecule has 1 N–H and O–H groups in total. The van der Waals surface area contributed by atoms with E-state index >= 15 is 0 Å². The number of benzene rings is 2. The summed E-state index contributed by atoms with van der Waals surface area (Å²) in [5.74, 6) is 0.152. The first-order valence-corrected chi connectivity index (χ1v) is 7.05. The number of aromatic nitrogens is 2. The van der Waals surface area contributed by atoms with E-state index in [1.54, 1.807) is 36.4 Å². The van der Waals surface area contributed by atoms with Gasteiger partial charge in [-0.15, -0.1) is 0 Å². The number of rotatable bonds is 5. The van der Waals surface area contributed by atoms with E-state index in [0.29, 0.717) is 33.6 Å². The maximum absolute atomic E-state index is 10.5. The van der Waals surface area contributed by atoms with Crippen LogP contribution in [0.25, 0.3) is 22.8 Å². The molecule has 2 aromatic carbocycles. The number of halogens is 1. The highest BCUT2D eigenvalue weighted by Gasteiger charge is 2.13. The molecular formula is C16H11ClN2O4. The maximum atomic E-state index is 10.5. The summed E-state index contributed by atoms with van der Waals surface area (Å²) < 4.78 is 10.3. The van der Waals surface area contributed by atoms with Crippen molar-refractivity contribution in [2.24, 2.45) is 0 Å². The normalized spacial score (nSPS) is 10.5. The molecule has 0 fully saturated rings. The Morgan fingerprint density at radius 1 is 1.17 bits per heavy atom. The van der Waals surface area contributed by atoms with Gasteiger partial charge in [0.25, 0.3) is 5.89 Å². The van der Waals surface area contributed by atoms with Crippen molar-refractivity contribution in [2.45, 2.75) is 0 Å². The standard InChI is InChI=1S/C16H11ClN2O4/c17-13-4-2-1-3-12(13)15-18-16(23-19-15)10-5-7-11(8-6-10)22-9-14(20)21/h1-8H,9H2,(H,20,21). The van der Waals surface area contributed by atoms with Gasteiger partial charge in [-0.25, -0.2) is 4.79 Å². The highest BCUT2D eigenvalue weighted by Crippen LogP contribution is 2.28. The van der Waals surface area contributed by atoms with E-state index in [9.17, 15) is 4.79 Å². The van der Waals surface area contributed by atoms with Crippen LogP contribution in [0.3, 0.4) is 0 Å². The van der Waals surface area contributed by atoms with Crippen molar-refractivity contribution in [3.63, 3.8) is 0 Å². The number of carbonyl (C=O) groups is 1. The molecule has 0 aliphatic heterocycles. The topological polar surface area (TPSA) is 85.5 Å². The van der Waals surface area contributed by atoms with Crippen LogP contribution in [0, 0.1) is 0 Å². The summed E-state index contributed by atoms with van der Waals surface area (Å²) in [6, 6.07) is 13.9. The van der Waals surface area contributed by atoms with Crippen molar-refractivity contribution in [3.8, 4) is 28.6 Å². The summed E-state index contributed by atoms with van der Waals surface area (Å²) >= 11 is 6.11. The highest BCUT2D eigenvalue weighted by atomic mass is 35.5. The summed E-state index contributed by atoms with van der Waals surface area (Å²) in [6.07, 6.45) is 0. The third-order valence-corrected chi connectivity index (χ3v) is 3.33. The number of aliphatic carboxylic acids is 1. The molecule has 0 atom stereocenters. The van der Waals surface area contributed by atoms with Gasteiger partial charge in [-0.3, -0.25) is 0 Å². The van der Waals surface area contributed by atoms with E-state index in [2.05, 4.69) is 10.1 Å². The molecule has 3 aromatic rings. The van der Waals surface area contributed by atoms with Crippen LogP contribution in [-0.2, 0) is 4.79 Å². The summed E-state index contributed by atoms with van der Waals surface area (Å²) in [5.41, 5.74) is 1.38. The van der Waals surface area contributed by atoms with Crippen molar-refractivity contribution in [1.82, 2.24) is 10.1 Å². The van der Waals surface area contributed by atoms with Crippen molar-refractivity contribution in [3.05, 3.63) is 53.6 Å². The van der Waals surface area contributed by atoms with Crippen molar-refractivity contribution in [1.29, 1.82) is 0 Å².